The van der Waals surface area contributed by atoms with Crippen LogP contribution in [0.5, 0.6) is 0 Å². The smallest absolute Gasteiger partial charge is 0.303 e. The number of hydrogen-bond donors (Lipinski definition) is 1. The zero-order valence-corrected chi connectivity index (χ0v) is 22.3. The fourth-order valence-corrected chi connectivity index (χ4v) is 6.03. The second kappa shape index (κ2) is 14.6. The van der Waals surface area contributed by atoms with Crippen molar-refractivity contribution >= 4 is 43.7 Å². The summed E-state index contributed by atoms with van der Waals surface area (Å²) in [7, 11) is -1.18. The maximum atomic E-state index is 12.0. The third-order valence-corrected chi connectivity index (χ3v) is 7.64. The molecule has 0 radical (unpaired) electrons. The number of rotatable bonds is 12. The van der Waals surface area contributed by atoms with Gasteiger partial charge in [0, 0.05) is 37.5 Å². The van der Waals surface area contributed by atoms with E-state index in [1.54, 1.807) is 12.1 Å². The highest BCUT2D eigenvalue weighted by molar-refractivity contribution is 7.99. The molecule has 35 heavy (non-hydrogen) atoms. The van der Waals surface area contributed by atoms with Gasteiger partial charge in [-0.1, -0.05) is 11.8 Å². The van der Waals surface area contributed by atoms with Crippen LogP contribution in [-0.4, -0.2) is 67.1 Å². The summed E-state index contributed by atoms with van der Waals surface area (Å²) in [6.45, 7) is 8.49. The van der Waals surface area contributed by atoms with Gasteiger partial charge >= 0.3 is 17.9 Å². The molecule has 0 saturated carbocycles. The standard InChI is InChI=1S/C23H34NO9PS/c1-6-28-34(29-7-2)13-12-19-20(30-14(3)25)21(31-15(4)26)22(32-16(5)27)23(33-19)35-18-10-8-17(24)9-11-18/h8-11,19-23H,6-7,12-13,24H2,1-5H3/t19-,20-,21+,22+,23-/m1/s1. The molecule has 1 aliphatic rings. The topological polar surface area (TPSA) is 133 Å². The number of thioether (sulfide) groups is 1. The lowest BCUT2D eigenvalue weighted by Crippen LogP contribution is -2.60. The van der Waals surface area contributed by atoms with Crippen LogP contribution in [0, 0.1) is 0 Å². The van der Waals surface area contributed by atoms with Crippen LogP contribution < -0.4 is 5.73 Å². The lowest BCUT2D eigenvalue weighted by molar-refractivity contribution is -0.232. The number of carbonyl (C=O) groups is 3. The van der Waals surface area contributed by atoms with Crippen LogP contribution in [0.15, 0.2) is 29.2 Å². The predicted molar refractivity (Wildman–Crippen MR) is 132 cm³/mol. The van der Waals surface area contributed by atoms with Crippen LogP contribution in [0.25, 0.3) is 0 Å². The van der Waals surface area contributed by atoms with Crippen LogP contribution >= 0.6 is 20.1 Å². The maximum absolute atomic E-state index is 12.0. The molecule has 5 atom stereocenters. The van der Waals surface area contributed by atoms with Crippen molar-refractivity contribution in [3.63, 3.8) is 0 Å². The fraction of sp³-hybridized carbons (Fsp3) is 0.609. The first-order chi connectivity index (χ1) is 16.6. The Morgan fingerprint density at radius 1 is 0.886 bits per heavy atom. The highest BCUT2D eigenvalue weighted by atomic mass is 32.2. The van der Waals surface area contributed by atoms with Crippen molar-refractivity contribution in [3.8, 4) is 0 Å². The first-order valence-corrected chi connectivity index (χ1v) is 13.6. The van der Waals surface area contributed by atoms with Gasteiger partial charge in [-0.25, -0.2) is 0 Å². The summed E-state index contributed by atoms with van der Waals surface area (Å²) in [5.74, 6) is -1.77. The van der Waals surface area contributed by atoms with Crippen molar-refractivity contribution in [1.82, 2.24) is 0 Å². The molecule has 12 heteroatoms. The van der Waals surface area contributed by atoms with E-state index in [4.69, 9.17) is 33.7 Å². The van der Waals surface area contributed by atoms with E-state index >= 15 is 0 Å². The van der Waals surface area contributed by atoms with E-state index in [9.17, 15) is 14.4 Å². The number of anilines is 1. The van der Waals surface area contributed by atoms with Gasteiger partial charge in [-0.05, 0) is 44.5 Å². The predicted octanol–water partition coefficient (Wildman–Crippen LogP) is 3.66. The van der Waals surface area contributed by atoms with Gasteiger partial charge in [0.2, 0.25) is 0 Å². The molecule has 1 aliphatic heterocycles. The van der Waals surface area contributed by atoms with Gasteiger partial charge in [0.25, 0.3) is 0 Å². The zero-order chi connectivity index (χ0) is 26.0. The van der Waals surface area contributed by atoms with Crippen LogP contribution in [0.2, 0.25) is 0 Å². The number of nitrogen functional groups attached to an aromatic ring is 1. The van der Waals surface area contributed by atoms with Gasteiger partial charge in [0.05, 0.1) is 13.2 Å². The number of ether oxygens (including phenoxy) is 4. The first-order valence-electron chi connectivity index (χ1n) is 11.4. The summed E-state index contributed by atoms with van der Waals surface area (Å²) in [6, 6.07) is 7.11. The molecule has 0 aliphatic carbocycles. The molecule has 2 rings (SSSR count). The largest absolute Gasteiger partial charge is 0.456 e. The third-order valence-electron chi connectivity index (χ3n) is 4.77. The molecule has 1 heterocycles. The molecule has 0 aromatic heterocycles. The number of hydrogen-bond acceptors (Lipinski definition) is 11. The summed E-state index contributed by atoms with van der Waals surface area (Å²) >= 11 is 1.29. The Morgan fingerprint density at radius 3 is 1.91 bits per heavy atom. The normalized spacial score (nSPS) is 24.1. The van der Waals surface area contributed by atoms with Gasteiger partial charge in [-0.15, -0.1) is 0 Å². The Kier molecular flexibility index (Phi) is 12.2. The minimum absolute atomic E-state index is 0.396. The lowest BCUT2D eigenvalue weighted by Gasteiger charge is -2.44. The number of carbonyl (C=O) groups excluding carboxylic acids is 3. The van der Waals surface area contributed by atoms with Crippen LogP contribution in [0.4, 0.5) is 5.69 Å². The van der Waals surface area contributed by atoms with Gasteiger partial charge in [-0.3, -0.25) is 14.4 Å². The Morgan fingerprint density at radius 2 is 1.40 bits per heavy atom. The average molecular weight is 532 g/mol. The number of nitrogens with two attached hydrogens (primary N) is 1. The minimum atomic E-state index is -1.18. The molecule has 1 aromatic carbocycles. The van der Waals surface area contributed by atoms with E-state index in [-0.39, 0.29) is 0 Å². The van der Waals surface area contributed by atoms with Gasteiger partial charge < -0.3 is 33.7 Å². The summed E-state index contributed by atoms with van der Waals surface area (Å²) in [5, 5.41) is 0. The minimum Gasteiger partial charge on any atom is -0.456 e. The first kappa shape index (κ1) is 29.3. The van der Waals surface area contributed by atoms with Gasteiger partial charge in [-0.2, -0.15) is 0 Å². The molecule has 1 aromatic rings. The Balaban J connectivity index is 2.40. The van der Waals surface area contributed by atoms with E-state index in [0.29, 0.717) is 31.5 Å². The number of esters is 3. The average Bonchev–Trinajstić information content (AvgIpc) is 2.77. The van der Waals surface area contributed by atoms with Crippen molar-refractivity contribution < 1.29 is 42.4 Å². The summed E-state index contributed by atoms with van der Waals surface area (Å²) in [5.41, 5.74) is 5.64. The quantitative estimate of drug-likeness (QED) is 0.183. The molecule has 196 valence electrons. The van der Waals surface area contributed by atoms with Crippen molar-refractivity contribution in [1.29, 1.82) is 0 Å². The molecule has 10 nitrogen and oxygen atoms in total. The second-order valence-corrected chi connectivity index (χ2v) is 10.4. The van der Waals surface area contributed by atoms with E-state index in [1.807, 2.05) is 26.0 Å². The van der Waals surface area contributed by atoms with Crippen LogP contribution in [0.1, 0.15) is 41.0 Å². The third kappa shape index (κ3) is 9.57. The molecule has 0 amide bonds. The Bertz CT molecular complexity index is 835. The highest BCUT2D eigenvalue weighted by Gasteiger charge is 2.52. The van der Waals surface area contributed by atoms with E-state index in [1.165, 1.54) is 32.5 Å². The molecular formula is C23H34NO9PS. The molecule has 1 saturated heterocycles. The second-order valence-electron chi connectivity index (χ2n) is 7.63. The van der Waals surface area contributed by atoms with E-state index in [2.05, 4.69) is 0 Å². The number of benzene rings is 1. The van der Waals surface area contributed by atoms with Gasteiger partial charge in [0.1, 0.15) is 11.5 Å². The monoisotopic (exact) mass is 531 g/mol. The lowest BCUT2D eigenvalue weighted by atomic mass is 9.97. The Labute approximate surface area is 211 Å². The molecule has 0 bridgehead atoms. The van der Waals surface area contributed by atoms with Crippen molar-refractivity contribution in [2.45, 2.75) is 75.8 Å². The maximum Gasteiger partial charge on any atom is 0.303 e. The summed E-state index contributed by atoms with van der Waals surface area (Å²) < 4.78 is 34.4. The molecule has 2 N–H and O–H groups in total. The van der Waals surface area contributed by atoms with E-state index in [0.717, 1.165) is 4.90 Å². The SMILES string of the molecule is CCOP(CC[C@H]1O[C@H](Sc2ccc(N)cc2)[C@@H](OC(C)=O)[C@@H](OC(C)=O)[C@@H]1OC(C)=O)OCC. The molecule has 1 fully saturated rings. The van der Waals surface area contributed by atoms with Crippen molar-refractivity contribution in [2.24, 2.45) is 0 Å². The summed E-state index contributed by atoms with van der Waals surface area (Å²) in [4.78, 5) is 36.8. The molecule has 0 unspecified atom stereocenters. The van der Waals surface area contributed by atoms with E-state index < -0.39 is 56.1 Å². The van der Waals surface area contributed by atoms with Crippen molar-refractivity contribution in [3.05, 3.63) is 24.3 Å². The highest BCUT2D eigenvalue weighted by Crippen LogP contribution is 2.43. The Hall–Kier alpha value is -1.91. The fourth-order valence-electron chi connectivity index (χ4n) is 3.55. The molecule has 0 spiro atoms. The van der Waals surface area contributed by atoms with Crippen LogP contribution in [-0.2, 0) is 42.4 Å². The van der Waals surface area contributed by atoms with Crippen molar-refractivity contribution in [2.75, 3.05) is 25.1 Å². The van der Waals surface area contributed by atoms with Crippen LogP contribution in [0.3, 0.4) is 0 Å². The van der Waals surface area contributed by atoms with Gasteiger partial charge in [0.15, 0.2) is 26.7 Å². The summed E-state index contributed by atoms with van der Waals surface area (Å²) in [6.07, 6.45) is -2.87. The molecular weight excluding hydrogens is 497 g/mol. The zero-order valence-electron chi connectivity index (χ0n) is 20.6.